The van der Waals surface area contributed by atoms with E-state index in [-0.39, 0.29) is 11.9 Å². The number of rotatable bonds is 5. The molecule has 1 atom stereocenters. The smallest absolute Gasteiger partial charge is 0.142 e. The van der Waals surface area contributed by atoms with E-state index < -0.39 is 0 Å². The van der Waals surface area contributed by atoms with Crippen molar-refractivity contribution >= 4 is 27.5 Å². The lowest BCUT2D eigenvalue weighted by molar-refractivity contribution is 0.508. The number of nitrogens with zero attached hydrogens (tertiary/aromatic N) is 2. The molecular formula is C15H18BrClFN3. The first-order valence-electron chi connectivity index (χ1n) is 6.82. The normalized spacial score (nSPS) is 12.7. The molecule has 0 aliphatic carbocycles. The molecule has 6 heteroatoms. The maximum absolute atomic E-state index is 14.3. The van der Waals surface area contributed by atoms with E-state index in [2.05, 4.69) is 26.3 Å². The van der Waals surface area contributed by atoms with Crippen LogP contribution in [0.1, 0.15) is 29.9 Å². The fraction of sp³-hybridized carbons (Fsp3) is 0.400. The first-order valence-corrected chi connectivity index (χ1v) is 7.99. The van der Waals surface area contributed by atoms with Crippen molar-refractivity contribution in [1.29, 1.82) is 0 Å². The van der Waals surface area contributed by atoms with Crippen LogP contribution in [0.5, 0.6) is 0 Å². The van der Waals surface area contributed by atoms with Gasteiger partial charge in [0.05, 0.1) is 20.9 Å². The summed E-state index contributed by atoms with van der Waals surface area (Å²) in [6.45, 7) is 4.63. The number of likely N-dealkylation sites (N-methyl/N-ethyl adjacent to an activating group) is 1. The minimum Gasteiger partial charge on any atom is -0.313 e. The molecule has 3 nitrogen and oxygen atoms in total. The average Bonchev–Trinajstić information content (AvgIpc) is 2.75. The predicted molar refractivity (Wildman–Crippen MR) is 87.3 cm³/mol. The first-order chi connectivity index (χ1) is 9.99. The highest BCUT2D eigenvalue weighted by Gasteiger charge is 2.21. The predicted octanol–water partition coefficient (Wildman–Crippen LogP) is 4.27. The molecule has 2 aromatic rings. The van der Waals surface area contributed by atoms with Gasteiger partial charge >= 0.3 is 0 Å². The number of hydrogen-bond donors (Lipinski definition) is 1. The molecule has 1 aromatic heterocycles. The molecule has 1 unspecified atom stereocenters. The Morgan fingerprint density at radius 3 is 2.81 bits per heavy atom. The van der Waals surface area contributed by atoms with Crippen LogP contribution in [0, 0.1) is 12.7 Å². The Labute approximate surface area is 137 Å². The minimum atomic E-state index is -0.243. The third-order valence-electron chi connectivity index (χ3n) is 3.56. The van der Waals surface area contributed by atoms with Crippen molar-refractivity contribution in [3.05, 3.63) is 50.5 Å². The molecule has 0 saturated carbocycles. The lowest BCUT2D eigenvalue weighted by Gasteiger charge is -2.18. The third kappa shape index (κ3) is 3.30. The summed E-state index contributed by atoms with van der Waals surface area (Å²) in [6.07, 6.45) is 0.581. The molecule has 0 spiro atoms. The molecule has 0 radical (unpaired) electrons. The molecule has 0 saturated heterocycles. The van der Waals surface area contributed by atoms with Crippen molar-refractivity contribution in [2.45, 2.75) is 32.9 Å². The summed E-state index contributed by atoms with van der Waals surface area (Å²) in [6, 6.07) is 5.14. The fourth-order valence-corrected chi connectivity index (χ4v) is 3.01. The van der Waals surface area contributed by atoms with Crippen molar-refractivity contribution < 1.29 is 4.39 Å². The van der Waals surface area contributed by atoms with Gasteiger partial charge in [-0.25, -0.2) is 4.39 Å². The summed E-state index contributed by atoms with van der Waals surface area (Å²) in [7, 11) is 1.82. The zero-order valence-electron chi connectivity index (χ0n) is 12.3. The monoisotopic (exact) mass is 373 g/mol. The lowest BCUT2D eigenvalue weighted by Crippen LogP contribution is -2.22. The SMILES string of the molecule is CCn1nc(C)c(Cl)c1CC(NC)c1cccc(Br)c1F. The van der Waals surface area contributed by atoms with Crippen LogP contribution >= 0.6 is 27.5 Å². The third-order valence-corrected chi connectivity index (χ3v) is 4.66. The van der Waals surface area contributed by atoms with Gasteiger partial charge in [-0.15, -0.1) is 0 Å². The van der Waals surface area contributed by atoms with Crippen LogP contribution < -0.4 is 5.32 Å². The van der Waals surface area contributed by atoms with Crippen LogP contribution in [0.15, 0.2) is 22.7 Å². The molecule has 0 amide bonds. The molecule has 0 aliphatic heterocycles. The van der Waals surface area contributed by atoms with Gasteiger partial charge in [0.2, 0.25) is 0 Å². The Hall–Kier alpha value is -0.910. The van der Waals surface area contributed by atoms with Gasteiger partial charge in [-0.3, -0.25) is 4.68 Å². The zero-order valence-corrected chi connectivity index (χ0v) is 14.6. The summed E-state index contributed by atoms with van der Waals surface area (Å²) < 4.78 is 16.6. The highest BCUT2D eigenvalue weighted by molar-refractivity contribution is 9.10. The Bertz CT molecular complexity index is 642. The molecule has 0 bridgehead atoms. The van der Waals surface area contributed by atoms with Crippen LogP contribution in [0.25, 0.3) is 0 Å². The van der Waals surface area contributed by atoms with E-state index in [1.165, 1.54) is 0 Å². The van der Waals surface area contributed by atoms with E-state index in [0.29, 0.717) is 21.5 Å². The van der Waals surface area contributed by atoms with Gasteiger partial charge in [0.25, 0.3) is 0 Å². The molecule has 1 heterocycles. The first kappa shape index (κ1) is 16.5. The molecule has 1 aromatic carbocycles. The van der Waals surface area contributed by atoms with Crippen molar-refractivity contribution in [3.63, 3.8) is 0 Å². The topological polar surface area (TPSA) is 29.9 Å². The molecule has 114 valence electrons. The summed E-state index contributed by atoms with van der Waals surface area (Å²) in [5.41, 5.74) is 2.35. The van der Waals surface area contributed by atoms with Gasteiger partial charge in [0, 0.05) is 24.6 Å². The van der Waals surface area contributed by atoms with E-state index in [0.717, 1.165) is 17.9 Å². The summed E-state index contributed by atoms with van der Waals surface area (Å²) in [5, 5.41) is 8.23. The number of nitrogens with one attached hydrogen (secondary N) is 1. The molecule has 21 heavy (non-hydrogen) atoms. The Morgan fingerprint density at radius 2 is 2.19 bits per heavy atom. The maximum atomic E-state index is 14.3. The fourth-order valence-electron chi connectivity index (χ4n) is 2.41. The van der Waals surface area contributed by atoms with Gasteiger partial charge in [0.1, 0.15) is 5.82 Å². The summed E-state index contributed by atoms with van der Waals surface area (Å²) in [5.74, 6) is -0.243. The zero-order chi connectivity index (χ0) is 15.6. The van der Waals surface area contributed by atoms with E-state index >= 15 is 0 Å². The number of halogens is 3. The Kier molecular flexibility index (Phi) is 5.41. The largest absolute Gasteiger partial charge is 0.313 e. The molecule has 0 aliphatic rings. The average molecular weight is 375 g/mol. The number of benzene rings is 1. The maximum Gasteiger partial charge on any atom is 0.142 e. The van der Waals surface area contributed by atoms with Crippen LogP contribution in [-0.4, -0.2) is 16.8 Å². The van der Waals surface area contributed by atoms with Gasteiger partial charge < -0.3 is 5.32 Å². The highest BCUT2D eigenvalue weighted by Crippen LogP contribution is 2.29. The number of hydrogen-bond acceptors (Lipinski definition) is 2. The molecule has 1 N–H and O–H groups in total. The molecular weight excluding hydrogens is 357 g/mol. The highest BCUT2D eigenvalue weighted by atomic mass is 79.9. The molecule has 0 fully saturated rings. The van der Waals surface area contributed by atoms with Gasteiger partial charge in [-0.1, -0.05) is 23.7 Å². The molecule has 2 rings (SSSR count). The van der Waals surface area contributed by atoms with Gasteiger partial charge in [0.15, 0.2) is 0 Å². The van der Waals surface area contributed by atoms with Crippen LogP contribution in [0.4, 0.5) is 4.39 Å². The van der Waals surface area contributed by atoms with Crippen molar-refractivity contribution in [3.8, 4) is 0 Å². The van der Waals surface area contributed by atoms with Crippen molar-refractivity contribution in [2.24, 2.45) is 0 Å². The van der Waals surface area contributed by atoms with Gasteiger partial charge in [-0.2, -0.15) is 5.10 Å². The standard InChI is InChI=1S/C15H18BrClFN3/c1-4-21-13(14(17)9(2)20-21)8-12(19-3)10-6-5-7-11(16)15(10)18/h5-7,12,19H,4,8H2,1-3H3. The van der Waals surface area contributed by atoms with Crippen molar-refractivity contribution in [2.75, 3.05) is 7.05 Å². The Morgan fingerprint density at radius 1 is 1.48 bits per heavy atom. The van der Waals surface area contributed by atoms with Gasteiger partial charge in [-0.05, 0) is 42.9 Å². The Balaban J connectivity index is 2.38. The van der Waals surface area contributed by atoms with Crippen LogP contribution in [-0.2, 0) is 13.0 Å². The van der Waals surface area contributed by atoms with Crippen molar-refractivity contribution in [1.82, 2.24) is 15.1 Å². The van der Waals surface area contributed by atoms with Crippen LogP contribution in [0.3, 0.4) is 0 Å². The number of aryl methyl sites for hydroxylation is 2. The van der Waals surface area contributed by atoms with E-state index in [1.54, 1.807) is 12.1 Å². The van der Waals surface area contributed by atoms with E-state index in [4.69, 9.17) is 11.6 Å². The van der Waals surface area contributed by atoms with E-state index in [9.17, 15) is 4.39 Å². The minimum absolute atomic E-state index is 0.165. The quantitative estimate of drug-likeness (QED) is 0.847. The second-order valence-electron chi connectivity index (χ2n) is 4.85. The second-order valence-corrected chi connectivity index (χ2v) is 6.08. The summed E-state index contributed by atoms with van der Waals surface area (Å²) in [4.78, 5) is 0. The second kappa shape index (κ2) is 6.90. The lowest BCUT2D eigenvalue weighted by atomic mass is 10.0. The van der Waals surface area contributed by atoms with Crippen LogP contribution in [0.2, 0.25) is 5.02 Å². The number of aromatic nitrogens is 2. The van der Waals surface area contributed by atoms with E-state index in [1.807, 2.05) is 31.6 Å². The summed E-state index contributed by atoms with van der Waals surface area (Å²) >= 11 is 9.57.